The zero-order valence-corrected chi connectivity index (χ0v) is 13.2. The number of aryl methyl sites for hydroxylation is 2. The van der Waals surface area contributed by atoms with Crippen molar-refractivity contribution in [1.82, 2.24) is 9.55 Å². The molecule has 0 saturated carbocycles. The maximum absolute atomic E-state index is 10.5. The summed E-state index contributed by atoms with van der Waals surface area (Å²) in [5.41, 5.74) is 0. The minimum absolute atomic E-state index is 0.201. The van der Waals surface area contributed by atoms with Crippen LogP contribution in [0.4, 0.5) is 0 Å². The predicted molar refractivity (Wildman–Crippen MR) is 76.0 cm³/mol. The van der Waals surface area contributed by atoms with Gasteiger partial charge in [0.25, 0.3) is 10.1 Å². The number of rotatable bonds is 7. The van der Waals surface area contributed by atoms with Crippen LogP contribution < -0.4 is 0 Å². The van der Waals surface area contributed by atoms with Crippen molar-refractivity contribution in [3.8, 4) is 0 Å². The second-order valence-electron chi connectivity index (χ2n) is 4.23. The molecule has 21 heavy (non-hydrogen) atoms. The number of imidazole rings is 1. The molecular formula is C10H20N2O7S2. The van der Waals surface area contributed by atoms with E-state index in [0.717, 1.165) is 25.2 Å². The highest BCUT2D eigenvalue weighted by Gasteiger charge is 2.07. The molecule has 124 valence electrons. The lowest BCUT2D eigenvalue weighted by atomic mass is 10.3. The first-order chi connectivity index (χ1) is 9.53. The van der Waals surface area contributed by atoms with Crippen molar-refractivity contribution in [2.24, 2.45) is 0 Å². The van der Waals surface area contributed by atoms with Gasteiger partial charge in [0.15, 0.2) is 0 Å². The summed E-state index contributed by atoms with van der Waals surface area (Å²) >= 11 is 0. The standard InChI is InChI=1S/C10H18N2O3S.H2O4S/c1-2-3-7-12-8-6-11-10(12)5-4-9-16(13,14)15;1-5(2,3)4/h6,8H,2-5,7,9H2,1H3,(H,13,14,15);(H2,1,2,3,4). The smallest absolute Gasteiger partial charge is 0.335 e. The zero-order valence-electron chi connectivity index (χ0n) is 11.6. The third-order valence-electron chi connectivity index (χ3n) is 2.36. The van der Waals surface area contributed by atoms with Crippen molar-refractivity contribution in [2.45, 2.75) is 39.2 Å². The highest BCUT2D eigenvalue weighted by molar-refractivity contribution is 7.85. The molecule has 0 aliphatic heterocycles. The van der Waals surface area contributed by atoms with E-state index < -0.39 is 20.5 Å². The van der Waals surface area contributed by atoms with Gasteiger partial charge in [-0.1, -0.05) is 13.3 Å². The van der Waals surface area contributed by atoms with E-state index in [-0.39, 0.29) is 5.75 Å². The topological polar surface area (TPSA) is 147 Å². The molecule has 1 rings (SSSR count). The Hall–Kier alpha value is -1.01. The van der Waals surface area contributed by atoms with Gasteiger partial charge in [0, 0.05) is 25.4 Å². The fourth-order valence-corrected chi connectivity index (χ4v) is 2.02. The molecule has 0 radical (unpaired) electrons. The molecule has 1 heterocycles. The lowest BCUT2D eigenvalue weighted by Crippen LogP contribution is -2.08. The van der Waals surface area contributed by atoms with Crippen LogP contribution in [-0.4, -0.2) is 45.8 Å². The van der Waals surface area contributed by atoms with Crippen LogP contribution in [0, 0.1) is 0 Å². The SMILES string of the molecule is CCCCn1ccnc1CCCS(=O)(=O)O.O=S(=O)(O)O. The summed E-state index contributed by atoms with van der Waals surface area (Å²) in [7, 11) is -8.51. The fourth-order valence-electron chi connectivity index (χ4n) is 1.51. The van der Waals surface area contributed by atoms with Gasteiger partial charge >= 0.3 is 10.4 Å². The van der Waals surface area contributed by atoms with Gasteiger partial charge in [-0.15, -0.1) is 0 Å². The Morgan fingerprint density at radius 2 is 1.71 bits per heavy atom. The third kappa shape index (κ3) is 13.7. The number of aromatic nitrogens is 2. The molecule has 0 unspecified atom stereocenters. The Labute approximate surface area is 124 Å². The summed E-state index contributed by atoms with van der Waals surface area (Å²) in [5.74, 6) is 0.685. The zero-order chi connectivity index (χ0) is 16.5. The van der Waals surface area contributed by atoms with E-state index in [4.69, 9.17) is 22.1 Å². The van der Waals surface area contributed by atoms with Crippen molar-refractivity contribution >= 4 is 20.5 Å². The third-order valence-corrected chi connectivity index (χ3v) is 3.16. The molecule has 1 aromatic rings. The Bertz CT molecular complexity index is 599. The normalized spacial score (nSPS) is 11.8. The molecule has 0 bridgehead atoms. The van der Waals surface area contributed by atoms with Crippen LogP contribution in [0.3, 0.4) is 0 Å². The van der Waals surface area contributed by atoms with Gasteiger partial charge in [-0.2, -0.15) is 16.8 Å². The largest absolute Gasteiger partial charge is 0.394 e. The van der Waals surface area contributed by atoms with Gasteiger partial charge < -0.3 is 4.57 Å². The van der Waals surface area contributed by atoms with E-state index in [2.05, 4.69) is 11.9 Å². The van der Waals surface area contributed by atoms with Gasteiger partial charge in [-0.05, 0) is 12.8 Å². The van der Waals surface area contributed by atoms with E-state index in [1.54, 1.807) is 6.20 Å². The Balaban J connectivity index is 0.000000690. The summed E-state index contributed by atoms with van der Waals surface area (Å²) in [6, 6.07) is 0. The van der Waals surface area contributed by atoms with Crippen LogP contribution in [0.2, 0.25) is 0 Å². The lowest BCUT2D eigenvalue weighted by molar-refractivity contribution is 0.381. The molecule has 0 aromatic carbocycles. The number of unbranched alkanes of at least 4 members (excludes halogenated alkanes) is 1. The fraction of sp³-hybridized carbons (Fsp3) is 0.700. The number of nitrogens with zero attached hydrogens (tertiary/aromatic N) is 2. The lowest BCUT2D eigenvalue weighted by Gasteiger charge is -2.06. The second kappa shape index (κ2) is 9.10. The quantitative estimate of drug-likeness (QED) is 0.617. The van der Waals surface area contributed by atoms with Crippen molar-refractivity contribution in [3.63, 3.8) is 0 Å². The molecule has 9 nitrogen and oxygen atoms in total. The summed E-state index contributed by atoms with van der Waals surface area (Å²) in [5, 5.41) is 0. The number of hydrogen-bond donors (Lipinski definition) is 3. The molecule has 0 aliphatic carbocycles. The Kier molecular flexibility index (Phi) is 8.66. The molecule has 0 saturated heterocycles. The Morgan fingerprint density at radius 3 is 2.19 bits per heavy atom. The minimum Gasteiger partial charge on any atom is -0.335 e. The first kappa shape index (κ1) is 20.0. The second-order valence-corrected chi connectivity index (χ2v) is 6.70. The van der Waals surface area contributed by atoms with Crippen LogP contribution >= 0.6 is 0 Å². The first-order valence-electron chi connectivity index (χ1n) is 6.18. The molecule has 0 amide bonds. The molecule has 1 aromatic heterocycles. The van der Waals surface area contributed by atoms with E-state index in [1.807, 2.05) is 10.8 Å². The molecule has 0 fully saturated rings. The molecule has 11 heteroatoms. The van der Waals surface area contributed by atoms with Crippen LogP contribution in [0.1, 0.15) is 32.0 Å². The van der Waals surface area contributed by atoms with E-state index in [1.165, 1.54) is 0 Å². The van der Waals surface area contributed by atoms with Crippen molar-refractivity contribution in [1.29, 1.82) is 0 Å². The molecular weight excluding hydrogens is 324 g/mol. The van der Waals surface area contributed by atoms with E-state index in [0.29, 0.717) is 12.8 Å². The van der Waals surface area contributed by atoms with Crippen molar-refractivity contribution in [2.75, 3.05) is 5.75 Å². The highest BCUT2D eigenvalue weighted by atomic mass is 32.3. The molecule has 0 atom stereocenters. The van der Waals surface area contributed by atoms with Gasteiger partial charge in [0.2, 0.25) is 0 Å². The van der Waals surface area contributed by atoms with Crippen LogP contribution in [-0.2, 0) is 33.5 Å². The van der Waals surface area contributed by atoms with E-state index >= 15 is 0 Å². The van der Waals surface area contributed by atoms with Gasteiger partial charge in [-0.3, -0.25) is 13.7 Å². The predicted octanol–water partition coefficient (Wildman–Crippen LogP) is 0.851. The average Bonchev–Trinajstić information content (AvgIpc) is 2.70. The average molecular weight is 344 g/mol. The van der Waals surface area contributed by atoms with Gasteiger partial charge in [0.1, 0.15) is 5.82 Å². The summed E-state index contributed by atoms with van der Waals surface area (Å²) < 4.78 is 63.3. The van der Waals surface area contributed by atoms with E-state index in [9.17, 15) is 8.42 Å². The van der Waals surface area contributed by atoms with Crippen molar-refractivity contribution < 1.29 is 30.5 Å². The monoisotopic (exact) mass is 344 g/mol. The molecule has 0 spiro atoms. The first-order valence-corrected chi connectivity index (χ1v) is 9.18. The summed E-state index contributed by atoms with van der Waals surface area (Å²) in [4.78, 5) is 4.18. The number of hydrogen-bond acceptors (Lipinski definition) is 5. The van der Waals surface area contributed by atoms with Crippen LogP contribution in [0.25, 0.3) is 0 Å². The maximum Gasteiger partial charge on any atom is 0.394 e. The summed E-state index contributed by atoms with van der Waals surface area (Å²) in [6.07, 6.45) is 6.81. The van der Waals surface area contributed by atoms with Crippen LogP contribution in [0.15, 0.2) is 12.4 Å². The molecule has 0 aliphatic rings. The summed E-state index contributed by atoms with van der Waals surface area (Å²) in [6.45, 7) is 3.03. The maximum atomic E-state index is 10.5. The van der Waals surface area contributed by atoms with Gasteiger partial charge in [0.05, 0.1) is 5.75 Å². The van der Waals surface area contributed by atoms with Gasteiger partial charge in [-0.25, -0.2) is 4.98 Å². The van der Waals surface area contributed by atoms with Crippen LogP contribution in [0.5, 0.6) is 0 Å². The minimum atomic E-state index is -4.67. The highest BCUT2D eigenvalue weighted by Crippen LogP contribution is 2.05. The van der Waals surface area contributed by atoms with Crippen molar-refractivity contribution in [3.05, 3.63) is 18.2 Å². The molecule has 3 N–H and O–H groups in total. The Morgan fingerprint density at radius 1 is 1.14 bits per heavy atom.